The maximum atomic E-state index is 10.5. The van der Waals surface area contributed by atoms with Gasteiger partial charge < -0.3 is 10.8 Å². The summed E-state index contributed by atoms with van der Waals surface area (Å²) in [6.45, 7) is 2.20. The molecule has 0 fully saturated rings. The molecule has 1 atom stereocenters. The Balaban J connectivity index is 3.46. The molecule has 3 N–H and O–H groups in total. The van der Waals surface area contributed by atoms with Gasteiger partial charge in [0.15, 0.2) is 0 Å². The molecule has 0 bridgehead atoms. The van der Waals surface area contributed by atoms with Crippen molar-refractivity contribution in [2.75, 3.05) is 6.61 Å². The summed E-state index contributed by atoms with van der Waals surface area (Å²) in [5, 5.41) is 8.87. The second-order valence-electron chi connectivity index (χ2n) is 3.21. The monoisotopic (exact) mass is 173 g/mol. The summed E-state index contributed by atoms with van der Waals surface area (Å²) >= 11 is 0. The summed E-state index contributed by atoms with van der Waals surface area (Å²) in [5.41, 5.74) is 5.02. The van der Waals surface area contributed by atoms with E-state index in [0.29, 0.717) is 6.42 Å². The number of rotatable bonds is 7. The average molecular weight is 173 g/mol. The van der Waals surface area contributed by atoms with Crippen LogP contribution in [-0.4, -0.2) is 17.6 Å². The lowest BCUT2D eigenvalue weighted by molar-refractivity contribution is -0.119. The van der Waals surface area contributed by atoms with Gasteiger partial charge in [-0.2, -0.15) is 0 Å². The molecular weight excluding hydrogens is 154 g/mol. The van der Waals surface area contributed by atoms with Gasteiger partial charge >= 0.3 is 0 Å². The van der Waals surface area contributed by atoms with E-state index >= 15 is 0 Å². The molecule has 3 nitrogen and oxygen atoms in total. The van der Waals surface area contributed by atoms with Crippen molar-refractivity contribution in [1.82, 2.24) is 0 Å². The molecule has 0 saturated carbocycles. The molecule has 1 unspecified atom stereocenters. The highest BCUT2D eigenvalue weighted by molar-refractivity contribution is 5.73. The Kier molecular flexibility index (Phi) is 6.76. The second kappa shape index (κ2) is 7.10. The van der Waals surface area contributed by atoms with Gasteiger partial charge in [0.2, 0.25) is 5.91 Å². The van der Waals surface area contributed by atoms with E-state index in [1.807, 2.05) is 0 Å². The Morgan fingerprint density at radius 2 is 2.17 bits per heavy atom. The lowest BCUT2D eigenvalue weighted by atomic mass is 9.98. The molecule has 0 aromatic rings. The van der Waals surface area contributed by atoms with Crippen molar-refractivity contribution in [2.24, 2.45) is 11.7 Å². The molecular formula is C9H19NO2. The number of nitrogens with two attached hydrogens (primary N) is 1. The SMILES string of the molecule is CCCCCC(CO)CC(N)=O. The summed E-state index contributed by atoms with van der Waals surface area (Å²) < 4.78 is 0. The van der Waals surface area contributed by atoms with E-state index < -0.39 is 0 Å². The molecule has 0 saturated heterocycles. The van der Waals surface area contributed by atoms with Crippen molar-refractivity contribution in [3.63, 3.8) is 0 Å². The van der Waals surface area contributed by atoms with Gasteiger partial charge in [-0.3, -0.25) is 4.79 Å². The fraction of sp³-hybridized carbons (Fsp3) is 0.889. The van der Waals surface area contributed by atoms with Crippen molar-refractivity contribution in [3.05, 3.63) is 0 Å². The lowest BCUT2D eigenvalue weighted by Crippen LogP contribution is -2.18. The van der Waals surface area contributed by atoms with Crippen LogP contribution in [0, 0.1) is 5.92 Å². The van der Waals surface area contributed by atoms with E-state index in [1.165, 1.54) is 0 Å². The average Bonchev–Trinajstić information content (AvgIpc) is 2.02. The molecule has 0 rings (SSSR count). The van der Waals surface area contributed by atoms with Gasteiger partial charge in [-0.15, -0.1) is 0 Å². The maximum Gasteiger partial charge on any atom is 0.217 e. The van der Waals surface area contributed by atoms with Crippen LogP contribution in [0.25, 0.3) is 0 Å². The Labute approximate surface area is 74.0 Å². The molecule has 0 aliphatic carbocycles. The van der Waals surface area contributed by atoms with Crippen LogP contribution in [0.5, 0.6) is 0 Å². The minimum absolute atomic E-state index is 0.0760. The fourth-order valence-electron chi connectivity index (χ4n) is 1.23. The van der Waals surface area contributed by atoms with Crippen LogP contribution in [0.1, 0.15) is 39.0 Å². The van der Waals surface area contributed by atoms with Crippen LogP contribution in [-0.2, 0) is 4.79 Å². The van der Waals surface area contributed by atoms with Crippen molar-refractivity contribution in [3.8, 4) is 0 Å². The number of aliphatic hydroxyl groups is 1. The molecule has 12 heavy (non-hydrogen) atoms. The molecule has 1 amide bonds. The number of carbonyl (C=O) groups is 1. The van der Waals surface area contributed by atoms with Crippen LogP contribution in [0.4, 0.5) is 0 Å². The van der Waals surface area contributed by atoms with Gasteiger partial charge in [0.05, 0.1) is 0 Å². The summed E-state index contributed by atoms with van der Waals surface area (Å²) in [7, 11) is 0. The predicted molar refractivity (Wildman–Crippen MR) is 48.5 cm³/mol. The number of hydrogen-bond acceptors (Lipinski definition) is 2. The zero-order chi connectivity index (χ0) is 9.40. The van der Waals surface area contributed by atoms with Crippen LogP contribution in [0.3, 0.4) is 0 Å². The van der Waals surface area contributed by atoms with E-state index in [-0.39, 0.29) is 18.4 Å². The highest BCUT2D eigenvalue weighted by atomic mass is 16.3. The minimum atomic E-state index is -0.314. The zero-order valence-corrected chi connectivity index (χ0v) is 7.75. The molecule has 3 heteroatoms. The van der Waals surface area contributed by atoms with E-state index in [9.17, 15) is 4.79 Å². The molecule has 0 radical (unpaired) electrons. The summed E-state index contributed by atoms with van der Waals surface area (Å²) in [6.07, 6.45) is 4.63. The minimum Gasteiger partial charge on any atom is -0.396 e. The quantitative estimate of drug-likeness (QED) is 0.565. The normalized spacial score (nSPS) is 12.8. The molecule has 72 valence electrons. The predicted octanol–water partition coefficient (Wildman–Crippen LogP) is 1.05. The van der Waals surface area contributed by atoms with Crippen LogP contribution in [0.2, 0.25) is 0 Å². The maximum absolute atomic E-state index is 10.5. The highest BCUT2D eigenvalue weighted by Crippen LogP contribution is 2.12. The first-order valence-corrected chi connectivity index (χ1v) is 4.59. The number of carbonyl (C=O) groups excluding carboxylic acids is 1. The third-order valence-corrected chi connectivity index (χ3v) is 1.96. The smallest absolute Gasteiger partial charge is 0.217 e. The summed E-state index contributed by atoms with van der Waals surface area (Å²) in [5.74, 6) is -0.236. The van der Waals surface area contributed by atoms with Gasteiger partial charge in [-0.1, -0.05) is 26.2 Å². The first kappa shape index (κ1) is 11.4. The molecule has 0 heterocycles. The van der Waals surface area contributed by atoms with Gasteiger partial charge in [0, 0.05) is 13.0 Å². The van der Waals surface area contributed by atoms with Crippen molar-refractivity contribution in [2.45, 2.75) is 39.0 Å². The molecule has 0 spiro atoms. The van der Waals surface area contributed by atoms with Gasteiger partial charge in [0.1, 0.15) is 0 Å². The second-order valence-corrected chi connectivity index (χ2v) is 3.21. The first-order valence-electron chi connectivity index (χ1n) is 4.59. The van der Waals surface area contributed by atoms with Gasteiger partial charge in [-0.05, 0) is 12.3 Å². The van der Waals surface area contributed by atoms with Gasteiger partial charge in [0.25, 0.3) is 0 Å². The first-order chi connectivity index (χ1) is 5.70. The lowest BCUT2D eigenvalue weighted by Gasteiger charge is -2.10. The van der Waals surface area contributed by atoms with Crippen LogP contribution < -0.4 is 5.73 Å². The van der Waals surface area contributed by atoms with Crippen molar-refractivity contribution in [1.29, 1.82) is 0 Å². The molecule has 0 aromatic carbocycles. The van der Waals surface area contributed by atoms with Crippen molar-refractivity contribution < 1.29 is 9.90 Å². The van der Waals surface area contributed by atoms with Gasteiger partial charge in [-0.25, -0.2) is 0 Å². The molecule has 0 aliphatic heterocycles. The van der Waals surface area contributed by atoms with Crippen molar-refractivity contribution >= 4 is 5.91 Å². The van der Waals surface area contributed by atoms with E-state index in [0.717, 1.165) is 25.7 Å². The van der Waals surface area contributed by atoms with E-state index in [2.05, 4.69) is 6.92 Å². The number of amides is 1. The van der Waals surface area contributed by atoms with Crippen LogP contribution >= 0.6 is 0 Å². The summed E-state index contributed by atoms with van der Waals surface area (Å²) in [4.78, 5) is 10.5. The third kappa shape index (κ3) is 6.16. The Bertz CT molecular complexity index is 126. The largest absolute Gasteiger partial charge is 0.396 e. The third-order valence-electron chi connectivity index (χ3n) is 1.96. The fourth-order valence-corrected chi connectivity index (χ4v) is 1.23. The highest BCUT2D eigenvalue weighted by Gasteiger charge is 2.09. The number of primary amides is 1. The number of unbranched alkanes of at least 4 members (excludes halogenated alkanes) is 2. The summed E-state index contributed by atoms with van der Waals surface area (Å²) in [6, 6.07) is 0. The number of aliphatic hydroxyl groups excluding tert-OH is 1. The van der Waals surface area contributed by atoms with E-state index in [1.54, 1.807) is 0 Å². The zero-order valence-electron chi connectivity index (χ0n) is 7.75. The van der Waals surface area contributed by atoms with Crippen LogP contribution in [0.15, 0.2) is 0 Å². The topological polar surface area (TPSA) is 63.3 Å². The standard InChI is InChI=1S/C9H19NO2/c1-2-3-4-5-8(7-11)6-9(10)12/h8,11H,2-7H2,1H3,(H2,10,12). The Morgan fingerprint density at radius 1 is 1.50 bits per heavy atom. The molecule has 0 aromatic heterocycles. The number of hydrogen-bond donors (Lipinski definition) is 2. The molecule has 0 aliphatic rings. The Hall–Kier alpha value is -0.570. The Morgan fingerprint density at radius 3 is 2.58 bits per heavy atom. The van der Waals surface area contributed by atoms with E-state index in [4.69, 9.17) is 10.8 Å².